The predicted molar refractivity (Wildman–Crippen MR) is 150 cm³/mol. The molecule has 0 saturated heterocycles. The number of rotatable bonds is 8. The van der Waals surface area contributed by atoms with Crippen LogP contribution in [0.4, 0.5) is 0 Å². The van der Waals surface area contributed by atoms with Crippen molar-refractivity contribution < 1.29 is 19.1 Å². The largest absolute Gasteiger partial charge is 0.494 e. The maximum absolute atomic E-state index is 12.1. The van der Waals surface area contributed by atoms with Crippen molar-refractivity contribution in [3.05, 3.63) is 23.0 Å². The summed E-state index contributed by atoms with van der Waals surface area (Å²) in [7, 11) is 0. The zero-order chi connectivity index (χ0) is 27.2. The second kappa shape index (κ2) is 10.7. The van der Waals surface area contributed by atoms with E-state index in [2.05, 4.69) is 39.1 Å². The molecule has 0 spiro atoms. The highest BCUT2D eigenvalue weighted by Crippen LogP contribution is 2.69. The number of amides is 1. The third kappa shape index (κ3) is 4.85. The van der Waals surface area contributed by atoms with E-state index in [1.54, 1.807) is 12.5 Å². The van der Waals surface area contributed by atoms with Crippen LogP contribution in [0.25, 0.3) is 0 Å². The minimum Gasteiger partial charge on any atom is -0.494 e. The zero-order valence-corrected chi connectivity index (χ0v) is 24.7. The Kier molecular flexibility index (Phi) is 7.79. The molecule has 5 heteroatoms. The van der Waals surface area contributed by atoms with E-state index >= 15 is 0 Å². The summed E-state index contributed by atoms with van der Waals surface area (Å²) in [5.41, 5.74) is 3.67. The van der Waals surface area contributed by atoms with Crippen LogP contribution in [0.3, 0.4) is 0 Å². The Hall–Kier alpha value is -1.78. The van der Waals surface area contributed by atoms with E-state index < -0.39 is 0 Å². The van der Waals surface area contributed by atoms with Crippen molar-refractivity contribution in [3.63, 3.8) is 0 Å². The van der Waals surface area contributed by atoms with Crippen LogP contribution in [0, 0.1) is 40.4 Å². The van der Waals surface area contributed by atoms with Gasteiger partial charge in [0.05, 0.1) is 5.76 Å². The Bertz CT molecular complexity index is 999. The van der Waals surface area contributed by atoms with Crippen LogP contribution in [0.2, 0.25) is 0 Å². The van der Waals surface area contributed by atoms with Crippen molar-refractivity contribution in [3.8, 4) is 0 Å². The van der Waals surface area contributed by atoms with Gasteiger partial charge in [-0.3, -0.25) is 9.59 Å². The molecule has 5 nitrogen and oxygen atoms in total. The Morgan fingerprint density at radius 1 is 1.21 bits per heavy atom. The highest BCUT2D eigenvalue weighted by atomic mass is 16.5. The van der Waals surface area contributed by atoms with Crippen molar-refractivity contribution in [1.82, 2.24) is 5.32 Å². The lowest BCUT2D eigenvalue weighted by Crippen LogP contribution is -2.50. The van der Waals surface area contributed by atoms with Gasteiger partial charge in [-0.1, -0.05) is 39.3 Å². The van der Waals surface area contributed by atoms with E-state index in [1.807, 2.05) is 6.92 Å². The second-order valence-corrected chi connectivity index (χ2v) is 14.0. The fourth-order valence-electron chi connectivity index (χ4n) is 9.56. The number of allylic oxidation sites excluding steroid dienone is 2. The van der Waals surface area contributed by atoms with Crippen molar-refractivity contribution in [2.24, 2.45) is 40.4 Å². The predicted octanol–water partition coefficient (Wildman–Crippen LogP) is 7.11. The third-order valence-electron chi connectivity index (χ3n) is 11.6. The van der Waals surface area contributed by atoms with Gasteiger partial charge in [0.1, 0.15) is 12.2 Å². The maximum atomic E-state index is 12.1. The number of fused-ring (bicyclic) bond motifs is 7. The van der Waals surface area contributed by atoms with E-state index in [-0.39, 0.29) is 23.4 Å². The molecule has 9 atom stereocenters. The van der Waals surface area contributed by atoms with Crippen LogP contribution in [-0.4, -0.2) is 30.6 Å². The monoisotopic (exact) mass is 525 g/mol. The first kappa shape index (κ1) is 27.8. The smallest absolute Gasteiger partial charge is 0.306 e. The number of nitrogens with one attached hydrogen (secondary N) is 1. The lowest BCUT2D eigenvalue weighted by atomic mass is 9.47. The lowest BCUT2D eigenvalue weighted by Gasteiger charge is -2.58. The van der Waals surface area contributed by atoms with Gasteiger partial charge in [-0.15, -0.1) is 0 Å². The average Bonchev–Trinajstić information content (AvgIpc) is 3.34. The zero-order valence-electron chi connectivity index (χ0n) is 24.7. The van der Waals surface area contributed by atoms with E-state index in [0.717, 1.165) is 62.8 Å². The van der Waals surface area contributed by atoms with Gasteiger partial charge < -0.3 is 14.8 Å². The fraction of sp³-hybridized carbons (Fsp3) is 0.818. The molecule has 3 fully saturated rings. The first-order chi connectivity index (χ1) is 18.1. The van der Waals surface area contributed by atoms with Crippen molar-refractivity contribution in [2.75, 3.05) is 6.54 Å². The van der Waals surface area contributed by atoms with Gasteiger partial charge in [0.25, 0.3) is 0 Å². The van der Waals surface area contributed by atoms with Crippen LogP contribution in [0.5, 0.6) is 0 Å². The lowest BCUT2D eigenvalue weighted by molar-refractivity contribution is -0.151. The maximum Gasteiger partial charge on any atom is 0.306 e. The number of hydrogen-bond donors (Lipinski definition) is 1. The van der Waals surface area contributed by atoms with Gasteiger partial charge in [-0.25, -0.2) is 0 Å². The van der Waals surface area contributed by atoms with Crippen molar-refractivity contribution in [2.45, 2.75) is 124 Å². The van der Waals surface area contributed by atoms with E-state index in [4.69, 9.17) is 9.47 Å². The minimum atomic E-state index is -0.0219. The quantitative estimate of drug-likeness (QED) is 0.271. The molecule has 212 valence electrons. The molecule has 0 bridgehead atoms. The topological polar surface area (TPSA) is 64.6 Å². The Labute approximate surface area is 230 Å². The molecule has 1 N–H and O–H groups in total. The van der Waals surface area contributed by atoms with Crippen molar-refractivity contribution >= 4 is 11.9 Å². The molecular weight excluding hydrogens is 474 g/mol. The summed E-state index contributed by atoms with van der Waals surface area (Å²) >= 11 is 0. The average molecular weight is 526 g/mol. The molecule has 38 heavy (non-hydrogen) atoms. The molecule has 1 amide bonds. The minimum absolute atomic E-state index is 0.0219. The summed E-state index contributed by atoms with van der Waals surface area (Å²) in [5.74, 6) is 4.49. The Morgan fingerprint density at radius 3 is 2.74 bits per heavy atom. The third-order valence-corrected chi connectivity index (χ3v) is 11.6. The second-order valence-electron chi connectivity index (χ2n) is 14.0. The van der Waals surface area contributed by atoms with Crippen LogP contribution in [0.15, 0.2) is 23.0 Å². The molecule has 0 aromatic rings. The molecule has 5 aliphatic rings. The van der Waals surface area contributed by atoms with Gasteiger partial charge >= 0.3 is 5.97 Å². The van der Waals surface area contributed by atoms with E-state index in [0.29, 0.717) is 29.8 Å². The molecule has 1 aliphatic heterocycles. The molecule has 4 aliphatic carbocycles. The SMILES string of the molecule is CCCC(=O)O[C@H]1CC[C@@]2(C)C(=CC[C@H]3[C@H]4C[C@H]5OC(CC[C@@H](C)CNC(C)=O)=C(C)[C@@H]5[C@@]4(C)CC[C@@H]32)C1. The molecular formula is C33H51NO4. The molecule has 0 aromatic heterocycles. The van der Waals surface area contributed by atoms with Gasteiger partial charge in [-0.05, 0) is 98.4 Å². The molecule has 5 rings (SSSR count). The van der Waals surface area contributed by atoms with Crippen LogP contribution >= 0.6 is 0 Å². The number of hydrogen-bond acceptors (Lipinski definition) is 4. The number of ether oxygens (including phenoxy) is 2. The van der Waals surface area contributed by atoms with Gasteiger partial charge in [0.2, 0.25) is 5.91 Å². The Balaban J connectivity index is 1.26. The standard InChI is InChI=1S/C33H51NO4/c1-7-8-30(36)37-24-13-15-32(5)23(17-24)10-11-25-26(32)14-16-33(6)27(25)18-29-31(33)21(3)28(38-29)12-9-20(2)19-34-22(4)35/h10,20,24-27,29,31H,7-9,11-19H2,1-6H3,(H,34,35)/t20-,24+,25-,26+,27-,29-,31+,32+,33+/m1/s1. The van der Waals surface area contributed by atoms with E-state index in [9.17, 15) is 9.59 Å². The van der Waals surface area contributed by atoms with Crippen LogP contribution in [-0.2, 0) is 19.1 Å². The Morgan fingerprint density at radius 2 is 2.00 bits per heavy atom. The summed E-state index contributed by atoms with van der Waals surface area (Å²) in [6, 6.07) is 0. The first-order valence-electron chi connectivity index (χ1n) is 15.6. The number of carbonyl (C=O) groups excluding carboxylic acids is 2. The molecule has 3 saturated carbocycles. The summed E-state index contributed by atoms with van der Waals surface area (Å²) < 4.78 is 12.6. The van der Waals surface area contributed by atoms with E-state index in [1.165, 1.54) is 37.0 Å². The van der Waals surface area contributed by atoms with Gasteiger partial charge in [-0.2, -0.15) is 0 Å². The van der Waals surface area contributed by atoms with Gasteiger partial charge in [0, 0.05) is 38.6 Å². The molecule has 1 heterocycles. The number of esters is 1. The van der Waals surface area contributed by atoms with Crippen LogP contribution < -0.4 is 5.32 Å². The van der Waals surface area contributed by atoms with Gasteiger partial charge in [0.15, 0.2) is 0 Å². The molecule has 0 aromatic carbocycles. The number of carbonyl (C=O) groups is 2. The summed E-state index contributed by atoms with van der Waals surface area (Å²) in [5, 5.41) is 2.96. The van der Waals surface area contributed by atoms with Crippen molar-refractivity contribution in [1.29, 1.82) is 0 Å². The fourth-order valence-corrected chi connectivity index (χ4v) is 9.56. The highest BCUT2D eigenvalue weighted by Gasteiger charge is 2.63. The van der Waals surface area contributed by atoms with Crippen LogP contribution in [0.1, 0.15) is 112 Å². The highest BCUT2D eigenvalue weighted by molar-refractivity contribution is 5.72. The normalized spacial score (nSPS) is 40.2. The molecule has 0 radical (unpaired) electrons. The molecule has 0 unspecified atom stereocenters. The summed E-state index contributed by atoms with van der Waals surface area (Å²) in [6.45, 7) is 14.0. The summed E-state index contributed by atoms with van der Waals surface area (Å²) in [4.78, 5) is 23.4. The first-order valence-corrected chi connectivity index (χ1v) is 15.6. The summed E-state index contributed by atoms with van der Waals surface area (Å²) in [6.07, 6.45) is 14.5.